The van der Waals surface area contributed by atoms with E-state index < -0.39 is 0 Å². The number of nitrogens with zero attached hydrogens (tertiary/aromatic N) is 1. The number of hydrogen-bond donors (Lipinski definition) is 1. The quantitative estimate of drug-likeness (QED) is 0.580. The summed E-state index contributed by atoms with van der Waals surface area (Å²) in [6, 6.07) is 9.67. The van der Waals surface area contributed by atoms with E-state index in [1.54, 1.807) is 0 Å². The first-order valence-corrected chi connectivity index (χ1v) is 9.36. The largest absolute Gasteiger partial charge is 0.366 e. The molecule has 1 aromatic heterocycles. The van der Waals surface area contributed by atoms with Gasteiger partial charge in [-0.25, -0.2) is 0 Å². The van der Waals surface area contributed by atoms with E-state index >= 15 is 0 Å². The summed E-state index contributed by atoms with van der Waals surface area (Å²) in [7, 11) is 0. The van der Waals surface area contributed by atoms with Crippen LogP contribution in [0, 0.1) is 0 Å². The first kappa shape index (κ1) is 18.4. The first-order valence-electron chi connectivity index (χ1n) is 9.36. The number of rotatable bonds is 10. The molecule has 1 amide bonds. The van der Waals surface area contributed by atoms with Gasteiger partial charge in [0.25, 0.3) is 0 Å². The van der Waals surface area contributed by atoms with E-state index in [9.17, 15) is 4.79 Å². The van der Waals surface area contributed by atoms with Gasteiger partial charge in [-0.1, -0.05) is 70.6 Å². The van der Waals surface area contributed by atoms with Crippen LogP contribution in [0.5, 0.6) is 0 Å². The molecule has 1 unspecified atom stereocenters. The number of aromatic nitrogens is 1. The molecule has 1 aromatic carbocycles. The number of primary amides is 1. The molecule has 0 radical (unpaired) electrons. The third-order valence-corrected chi connectivity index (χ3v) is 4.82. The molecule has 2 N–H and O–H groups in total. The third-order valence-electron chi connectivity index (χ3n) is 4.82. The SMILES string of the molecule is CCCCCCCCC(CC)c1cc(C(N)=O)c2ccccc2n1. The zero-order valence-electron chi connectivity index (χ0n) is 15.1. The fraction of sp³-hybridized carbons (Fsp3) is 0.524. The Hall–Kier alpha value is -1.90. The molecule has 0 bridgehead atoms. The first-order chi connectivity index (χ1) is 11.7. The lowest BCUT2D eigenvalue weighted by molar-refractivity contribution is 0.100. The number of carbonyl (C=O) groups is 1. The monoisotopic (exact) mass is 326 g/mol. The number of nitrogens with two attached hydrogens (primary N) is 1. The molecule has 1 atom stereocenters. The Morgan fingerprint density at radius 3 is 2.50 bits per heavy atom. The van der Waals surface area contributed by atoms with E-state index in [2.05, 4.69) is 13.8 Å². The predicted octanol–water partition coefficient (Wildman–Crippen LogP) is 5.58. The van der Waals surface area contributed by atoms with Crippen LogP contribution in [0.1, 0.15) is 87.2 Å². The van der Waals surface area contributed by atoms with Gasteiger partial charge in [-0.2, -0.15) is 0 Å². The van der Waals surface area contributed by atoms with Gasteiger partial charge in [-0.3, -0.25) is 9.78 Å². The molecule has 0 aliphatic rings. The Morgan fingerprint density at radius 1 is 1.08 bits per heavy atom. The van der Waals surface area contributed by atoms with Crippen LogP contribution in [0.25, 0.3) is 10.9 Å². The standard InChI is InChI=1S/C21H30N2O/c1-3-5-6-7-8-9-12-16(4-2)20-15-18(21(22)24)17-13-10-11-14-19(17)23-20/h10-11,13-16H,3-9,12H2,1-2H3,(H2,22,24). The Labute approximate surface area is 145 Å². The molecular formula is C21H30N2O. The predicted molar refractivity (Wildman–Crippen MR) is 101 cm³/mol. The lowest BCUT2D eigenvalue weighted by Gasteiger charge is -2.16. The second-order valence-electron chi connectivity index (χ2n) is 6.64. The van der Waals surface area contributed by atoms with Crippen LogP contribution in [0.15, 0.2) is 30.3 Å². The van der Waals surface area contributed by atoms with E-state index in [1.165, 1.54) is 38.5 Å². The summed E-state index contributed by atoms with van der Waals surface area (Å²) in [5, 5.41) is 0.850. The van der Waals surface area contributed by atoms with Crippen LogP contribution in [0.4, 0.5) is 0 Å². The van der Waals surface area contributed by atoms with E-state index in [-0.39, 0.29) is 5.91 Å². The highest BCUT2D eigenvalue weighted by Crippen LogP contribution is 2.28. The second-order valence-corrected chi connectivity index (χ2v) is 6.64. The summed E-state index contributed by atoms with van der Waals surface area (Å²) >= 11 is 0. The molecule has 0 saturated carbocycles. The molecule has 0 fully saturated rings. The van der Waals surface area contributed by atoms with Crippen molar-refractivity contribution in [3.05, 3.63) is 41.6 Å². The van der Waals surface area contributed by atoms with Crippen molar-refractivity contribution in [2.75, 3.05) is 0 Å². The lowest BCUT2D eigenvalue weighted by atomic mass is 9.92. The molecule has 2 aromatic rings. The zero-order chi connectivity index (χ0) is 17.4. The summed E-state index contributed by atoms with van der Waals surface area (Å²) < 4.78 is 0. The van der Waals surface area contributed by atoms with Gasteiger partial charge in [0.2, 0.25) is 5.91 Å². The average Bonchev–Trinajstić information content (AvgIpc) is 2.60. The van der Waals surface area contributed by atoms with Crippen molar-refractivity contribution in [1.29, 1.82) is 0 Å². The molecule has 3 heteroatoms. The van der Waals surface area contributed by atoms with Gasteiger partial charge in [0.1, 0.15) is 0 Å². The molecule has 3 nitrogen and oxygen atoms in total. The van der Waals surface area contributed by atoms with Gasteiger partial charge >= 0.3 is 0 Å². The van der Waals surface area contributed by atoms with E-state index in [4.69, 9.17) is 10.7 Å². The van der Waals surface area contributed by atoms with Crippen LogP contribution in [-0.4, -0.2) is 10.9 Å². The van der Waals surface area contributed by atoms with Gasteiger partial charge in [0, 0.05) is 17.0 Å². The molecule has 0 saturated heterocycles. The highest BCUT2D eigenvalue weighted by molar-refractivity contribution is 6.05. The van der Waals surface area contributed by atoms with Crippen molar-refractivity contribution in [2.24, 2.45) is 5.73 Å². The molecule has 0 spiro atoms. The van der Waals surface area contributed by atoms with Gasteiger partial charge in [-0.05, 0) is 25.0 Å². The molecule has 24 heavy (non-hydrogen) atoms. The number of amides is 1. The number of carbonyl (C=O) groups excluding carboxylic acids is 1. The highest BCUT2D eigenvalue weighted by Gasteiger charge is 2.16. The van der Waals surface area contributed by atoms with Crippen molar-refractivity contribution in [1.82, 2.24) is 4.98 Å². The summed E-state index contributed by atoms with van der Waals surface area (Å²) in [5.74, 6) is 0.0307. The van der Waals surface area contributed by atoms with Gasteiger partial charge < -0.3 is 5.73 Å². The molecular weight excluding hydrogens is 296 g/mol. The minimum absolute atomic E-state index is 0.371. The Kier molecular flexibility index (Phi) is 7.23. The van der Waals surface area contributed by atoms with Gasteiger partial charge in [0.15, 0.2) is 0 Å². The second kappa shape index (κ2) is 9.41. The van der Waals surface area contributed by atoms with Crippen LogP contribution >= 0.6 is 0 Å². The Bertz CT molecular complexity index is 666. The molecule has 130 valence electrons. The van der Waals surface area contributed by atoms with Crippen LogP contribution in [0.2, 0.25) is 0 Å². The summed E-state index contributed by atoms with van der Waals surface area (Å²) in [6.07, 6.45) is 9.97. The Morgan fingerprint density at radius 2 is 1.79 bits per heavy atom. The number of hydrogen-bond acceptors (Lipinski definition) is 2. The van der Waals surface area contributed by atoms with Crippen molar-refractivity contribution in [2.45, 2.75) is 71.1 Å². The van der Waals surface area contributed by atoms with Crippen molar-refractivity contribution in [3.63, 3.8) is 0 Å². The summed E-state index contributed by atoms with van der Waals surface area (Å²) in [6.45, 7) is 4.44. The van der Waals surface area contributed by atoms with E-state index in [0.29, 0.717) is 11.5 Å². The van der Waals surface area contributed by atoms with Gasteiger partial charge in [-0.15, -0.1) is 0 Å². The van der Waals surface area contributed by atoms with Crippen LogP contribution in [-0.2, 0) is 0 Å². The molecule has 2 rings (SSSR count). The van der Waals surface area contributed by atoms with E-state index in [0.717, 1.165) is 29.4 Å². The maximum atomic E-state index is 11.8. The number of fused-ring (bicyclic) bond motifs is 1. The van der Waals surface area contributed by atoms with Gasteiger partial charge in [0.05, 0.1) is 11.1 Å². The fourth-order valence-electron chi connectivity index (χ4n) is 3.34. The van der Waals surface area contributed by atoms with Crippen molar-refractivity contribution < 1.29 is 4.79 Å². The maximum Gasteiger partial charge on any atom is 0.249 e. The lowest BCUT2D eigenvalue weighted by Crippen LogP contribution is -2.13. The molecule has 0 aliphatic heterocycles. The maximum absolute atomic E-state index is 11.8. The topological polar surface area (TPSA) is 56.0 Å². The highest BCUT2D eigenvalue weighted by atomic mass is 16.1. The van der Waals surface area contributed by atoms with Crippen molar-refractivity contribution >= 4 is 16.8 Å². The third kappa shape index (κ3) is 4.80. The minimum atomic E-state index is -0.371. The van der Waals surface area contributed by atoms with Crippen LogP contribution < -0.4 is 5.73 Å². The summed E-state index contributed by atoms with van der Waals surface area (Å²) in [4.78, 5) is 16.6. The van der Waals surface area contributed by atoms with E-state index in [1.807, 2.05) is 30.3 Å². The number of pyridine rings is 1. The number of para-hydroxylation sites is 1. The van der Waals surface area contributed by atoms with Crippen molar-refractivity contribution in [3.8, 4) is 0 Å². The summed E-state index contributed by atoms with van der Waals surface area (Å²) in [5.41, 5.74) is 8.06. The number of benzene rings is 1. The van der Waals surface area contributed by atoms with Crippen LogP contribution in [0.3, 0.4) is 0 Å². The fourth-order valence-corrected chi connectivity index (χ4v) is 3.34. The minimum Gasteiger partial charge on any atom is -0.366 e. The Balaban J connectivity index is 2.12. The number of unbranched alkanes of at least 4 members (excludes halogenated alkanes) is 5. The normalized spacial score (nSPS) is 12.4. The molecule has 1 heterocycles. The zero-order valence-corrected chi connectivity index (χ0v) is 15.1. The average molecular weight is 326 g/mol. The smallest absolute Gasteiger partial charge is 0.249 e. The molecule has 0 aliphatic carbocycles.